The number of hydrogen-bond donors (Lipinski definition) is 0. The second-order valence-electron chi connectivity index (χ2n) is 8.08. The van der Waals surface area contributed by atoms with Crippen molar-refractivity contribution in [3.05, 3.63) is 78.0 Å². The van der Waals surface area contributed by atoms with E-state index in [0.29, 0.717) is 0 Å². The van der Waals surface area contributed by atoms with Crippen LogP contribution >= 0.6 is 0 Å². The highest BCUT2D eigenvalue weighted by Gasteiger charge is 2.22. The zero-order valence-electron chi connectivity index (χ0n) is 16.2. The van der Waals surface area contributed by atoms with Gasteiger partial charge in [0.05, 0.1) is 10.9 Å². The Morgan fingerprint density at radius 1 is 0.815 bits per heavy atom. The lowest BCUT2D eigenvalue weighted by Gasteiger charge is -2.14. The van der Waals surface area contributed by atoms with Crippen molar-refractivity contribution in [2.75, 3.05) is 0 Å². The Morgan fingerprint density at radius 3 is 2.48 bits per heavy atom. The molecule has 0 bridgehead atoms. The minimum atomic E-state index is 0.756. The molecule has 4 aromatic rings. The van der Waals surface area contributed by atoms with Gasteiger partial charge in [0.1, 0.15) is 7.05 Å². The van der Waals surface area contributed by atoms with E-state index in [1.165, 1.54) is 69.6 Å². The first-order valence-electron chi connectivity index (χ1n) is 10.1. The second-order valence-corrected chi connectivity index (χ2v) is 8.08. The average molecular weight is 353 g/mol. The molecule has 0 spiro atoms. The summed E-state index contributed by atoms with van der Waals surface area (Å²) < 4.78 is 2.28. The number of hydrogen-bond acceptors (Lipinski definition) is 0. The molecule has 1 aliphatic rings. The summed E-state index contributed by atoms with van der Waals surface area (Å²) in [5, 5.41) is 5.35. The lowest BCUT2D eigenvalue weighted by molar-refractivity contribution is -0.659. The van der Waals surface area contributed by atoms with Crippen LogP contribution in [0.15, 0.2) is 66.9 Å². The molecule has 1 heterocycles. The first kappa shape index (κ1) is 16.5. The number of aromatic nitrogens is 1. The Morgan fingerprint density at radius 2 is 1.63 bits per heavy atom. The summed E-state index contributed by atoms with van der Waals surface area (Å²) in [5.74, 6) is 0.756. The van der Waals surface area contributed by atoms with Gasteiger partial charge in [-0.25, -0.2) is 4.57 Å². The molecule has 1 aromatic heterocycles. The molecule has 134 valence electrons. The van der Waals surface area contributed by atoms with Crippen molar-refractivity contribution in [3.63, 3.8) is 0 Å². The summed E-state index contributed by atoms with van der Waals surface area (Å²) in [6.45, 7) is 2.23. The Kier molecular flexibility index (Phi) is 3.97. The molecule has 0 radical (unpaired) electrons. The van der Waals surface area contributed by atoms with Crippen molar-refractivity contribution in [3.8, 4) is 11.3 Å². The lowest BCUT2D eigenvalue weighted by atomic mass is 9.91. The van der Waals surface area contributed by atoms with Crippen molar-refractivity contribution in [2.24, 2.45) is 7.05 Å². The van der Waals surface area contributed by atoms with Crippen LogP contribution in [0.2, 0.25) is 0 Å². The van der Waals surface area contributed by atoms with Gasteiger partial charge in [0.15, 0.2) is 6.20 Å². The van der Waals surface area contributed by atoms with Crippen molar-refractivity contribution < 1.29 is 4.57 Å². The van der Waals surface area contributed by atoms with Gasteiger partial charge in [0, 0.05) is 6.07 Å². The molecule has 0 saturated heterocycles. The van der Waals surface area contributed by atoms with Gasteiger partial charge in [-0.2, -0.15) is 0 Å². The summed E-state index contributed by atoms with van der Waals surface area (Å²) in [4.78, 5) is 0. The third-order valence-electron chi connectivity index (χ3n) is 6.36. The molecule has 1 aliphatic carbocycles. The van der Waals surface area contributed by atoms with E-state index in [-0.39, 0.29) is 0 Å². The topological polar surface area (TPSA) is 3.88 Å². The molecule has 1 fully saturated rings. The van der Waals surface area contributed by atoms with Crippen LogP contribution in [0.3, 0.4) is 0 Å². The fraction of sp³-hybridized carbons (Fsp3) is 0.269. The second kappa shape index (κ2) is 6.49. The third kappa shape index (κ3) is 2.73. The van der Waals surface area contributed by atoms with E-state index in [1.54, 1.807) is 0 Å². The van der Waals surface area contributed by atoms with Gasteiger partial charge in [0.2, 0.25) is 5.69 Å². The molecular formula is C26H26N+. The standard InChI is InChI=1S/C26H26N/c1-18-11-12-20-9-5-6-10-23(20)25(18)26-24-14-13-21(19-7-3-4-8-19)17-22(24)15-16-27(26)2/h5-6,9-17,19H,3-4,7-8H2,1-2H3/q+1. The zero-order valence-corrected chi connectivity index (χ0v) is 16.2. The molecule has 0 unspecified atom stereocenters. The minimum absolute atomic E-state index is 0.756. The van der Waals surface area contributed by atoms with Crippen LogP contribution in [0.5, 0.6) is 0 Å². The Bertz CT molecular complexity index is 1150. The maximum absolute atomic E-state index is 2.44. The molecule has 1 heteroatoms. The number of fused-ring (bicyclic) bond motifs is 2. The molecule has 0 N–H and O–H groups in total. The number of nitrogens with zero attached hydrogens (tertiary/aromatic N) is 1. The highest BCUT2D eigenvalue weighted by molar-refractivity contribution is 6.04. The quantitative estimate of drug-likeness (QED) is 0.365. The summed E-state index contributed by atoms with van der Waals surface area (Å²) in [5.41, 5.74) is 5.53. The minimum Gasteiger partial charge on any atom is -0.200 e. The van der Waals surface area contributed by atoms with E-state index in [0.717, 1.165) is 5.92 Å². The van der Waals surface area contributed by atoms with Gasteiger partial charge in [-0.1, -0.05) is 61.4 Å². The van der Waals surface area contributed by atoms with Gasteiger partial charge >= 0.3 is 0 Å². The van der Waals surface area contributed by atoms with Crippen LogP contribution in [0, 0.1) is 6.92 Å². The molecule has 0 atom stereocenters. The van der Waals surface area contributed by atoms with Crippen molar-refractivity contribution in [1.82, 2.24) is 0 Å². The summed E-state index contributed by atoms with van der Waals surface area (Å²) in [6, 6.07) is 22.7. The SMILES string of the molecule is Cc1ccc2ccccc2c1-c1c2ccc(C3CCCC3)cc2cc[n+]1C. The van der Waals surface area contributed by atoms with Gasteiger partial charge in [-0.3, -0.25) is 0 Å². The molecule has 27 heavy (non-hydrogen) atoms. The van der Waals surface area contributed by atoms with Crippen LogP contribution in [0.25, 0.3) is 32.8 Å². The van der Waals surface area contributed by atoms with Gasteiger partial charge in [-0.15, -0.1) is 0 Å². The molecular weight excluding hydrogens is 326 g/mol. The fourth-order valence-electron chi connectivity index (χ4n) is 4.91. The fourth-order valence-corrected chi connectivity index (χ4v) is 4.91. The van der Waals surface area contributed by atoms with Gasteiger partial charge in [-0.05, 0) is 59.0 Å². The molecule has 3 aromatic carbocycles. The predicted octanol–water partition coefficient (Wildman–Crippen LogP) is 6.45. The maximum Gasteiger partial charge on any atom is 0.221 e. The lowest BCUT2D eigenvalue weighted by Crippen LogP contribution is -2.30. The molecule has 1 saturated carbocycles. The van der Waals surface area contributed by atoms with E-state index in [4.69, 9.17) is 0 Å². The Balaban J connectivity index is 1.78. The van der Waals surface area contributed by atoms with E-state index in [1.807, 2.05) is 0 Å². The van der Waals surface area contributed by atoms with E-state index in [2.05, 4.69) is 85.4 Å². The molecule has 1 nitrogen and oxygen atoms in total. The Hall–Kier alpha value is -2.67. The van der Waals surface area contributed by atoms with Gasteiger partial charge in [0.25, 0.3) is 0 Å². The normalized spacial score (nSPS) is 15.0. The van der Waals surface area contributed by atoms with E-state index in [9.17, 15) is 0 Å². The van der Waals surface area contributed by atoms with E-state index >= 15 is 0 Å². The summed E-state index contributed by atoms with van der Waals surface area (Å²) >= 11 is 0. The monoisotopic (exact) mass is 352 g/mol. The largest absolute Gasteiger partial charge is 0.221 e. The third-order valence-corrected chi connectivity index (χ3v) is 6.36. The number of benzene rings is 3. The first-order valence-corrected chi connectivity index (χ1v) is 10.1. The van der Waals surface area contributed by atoms with Crippen LogP contribution in [-0.2, 0) is 7.05 Å². The van der Waals surface area contributed by atoms with Crippen LogP contribution in [0.1, 0.15) is 42.7 Å². The van der Waals surface area contributed by atoms with Crippen LogP contribution in [-0.4, -0.2) is 0 Å². The smallest absolute Gasteiger partial charge is 0.200 e. The summed E-state index contributed by atoms with van der Waals surface area (Å²) in [6.07, 6.45) is 7.68. The number of aryl methyl sites for hydroxylation is 2. The highest BCUT2D eigenvalue weighted by Crippen LogP contribution is 2.38. The van der Waals surface area contributed by atoms with Crippen LogP contribution < -0.4 is 4.57 Å². The highest BCUT2D eigenvalue weighted by atomic mass is 14.9. The predicted molar refractivity (Wildman–Crippen MR) is 114 cm³/mol. The van der Waals surface area contributed by atoms with Crippen molar-refractivity contribution in [2.45, 2.75) is 38.5 Å². The van der Waals surface area contributed by atoms with Crippen molar-refractivity contribution >= 4 is 21.5 Å². The van der Waals surface area contributed by atoms with Crippen molar-refractivity contribution in [1.29, 1.82) is 0 Å². The first-order chi connectivity index (χ1) is 13.2. The number of pyridine rings is 1. The number of rotatable bonds is 2. The van der Waals surface area contributed by atoms with Gasteiger partial charge < -0.3 is 0 Å². The summed E-state index contributed by atoms with van der Waals surface area (Å²) in [7, 11) is 2.17. The zero-order chi connectivity index (χ0) is 18.4. The molecule has 0 amide bonds. The maximum atomic E-state index is 2.44. The molecule has 0 aliphatic heterocycles. The van der Waals surface area contributed by atoms with E-state index < -0.39 is 0 Å². The average Bonchev–Trinajstić information content (AvgIpc) is 3.23. The van der Waals surface area contributed by atoms with Crippen LogP contribution in [0.4, 0.5) is 0 Å². The molecule has 5 rings (SSSR count). The Labute approximate surface area is 161 Å².